The van der Waals surface area contributed by atoms with Gasteiger partial charge in [-0.15, -0.1) is 0 Å². The number of ether oxygens (including phenoxy) is 1. The van der Waals surface area contributed by atoms with Gasteiger partial charge in [0.1, 0.15) is 18.2 Å². The molecule has 0 heterocycles. The zero-order valence-electron chi connectivity index (χ0n) is 13.9. The van der Waals surface area contributed by atoms with Crippen molar-refractivity contribution in [3.8, 4) is 5.75 Å². The molecule has 0 aliphatic carbocycles. The van der Waals surface area contributed by atoms with E-state index in [1.54, 1.807) is 12.1 Å². The van der Waals surface area contributed by atoms with Crippen LogP contribution in [0.15, 0.2) is 66.7 Å². The first-order valence-electron chi connectivity index (χ1n) is 8.07. The van der Waals surface area contributed by atoms with Crippen LogP contribution in [0.3, 0.4) is 0 Å². The summed E-state index contributed by atoms with van der Waals surface area (Å²) >= 11 is 5.82. The number of nitrogens with one attached hydrogen (secondary N) is 1. The van der Waals surface area contributed by atoms with Crippen molar-refractivity contribution in [2.45, 2.75) is 20.1 Å². The second kappa shape index (κ2) is 8.04. The highest BCUT2D eigenvalue weighted by molar-refractivity contribution is 6.31. The molecule has 0 atom stereocenters. The van der Waals surface area contributed by atoms with E-state index in [2.05, 4.69) is 24.4 Å². The van der Waals surface area contributed by atoms with Crippen LogP contribution >= 0.6 is 11.6 Å². The van der Waals surface area contributed by atoms with Gasteiger partial charge >= 0.3 is 0 Å². The third-order valence-electron chi connectivity index (χ3n) is 3.85. The molecule has 3 rings (SSSR count). The summed E-state index contributed by atoms with van der Waals surface area (Å²) in [5.41, 5.74) is 4.13. The molecule has 0 aromatic heterocycles. The molecule has 0 bridgehead atoms. The number of aryl methyl sites for hydroxylation is 1. The number of benzene rings is 3. The van der Waals surface area contributed by atoms with E-state index in [-0.39, 0.29) is 5.02 Å². The van der Waals surface area contributed by atoms with Crippen molar-refractivity contribution in [1.82, 2.24) is 0 Å². The largest absolute Gasteiger partial charge is 0.489 e. The maximum atomic E-state index is 13.2. The van der Waals surface area contributed by atoms with Gasteiger partial charge in [0.05, 0.1) is 5.02 Å². The second-order valence-corrected chi connectivity index (χ2v) is 6.28. The Morgan fingerprint density at radius 2 is 1.84 bits per heavy atom. The minimum atomic E-state index is -0.422. The fourth-order valence-electron chi connectivity index (χ4n) is 2.56. The number of hydrogen-bond donors (Lipinski definition) is 1. The van der Waals surface area contributed by atoms with Crippen LogP contribution in [-0.2, 0) is 13.2 Å². The Bertz CT molecular complexity index is 866. The Hall–Kier alpha value is -2.52. The third kappa shape index (κ3) is 4.74. The van der Waals surface area contributed by atoms with Crippen LogP contribution in [0.4, 0.5) is 10.1 Å². The standard InChI is InChI=1S/C21H19ClFNO/c1-15-5-4-6-16(11-15)14-25-21-8-3-2-7-17(21)13-24-18-9-10-20(23)19(22)12-18/h2-12,24H,13-14H2,1H3. The molecule has 1 N–H and O–H groups in total. The highest BCUT2D eigenvalue weighted by Crippen LogP contribution is 2.23. The van der Waals surface area contributed by atoms with Crippen LogP contribution in [0.2, 0.25) is 5.02 Å². The monoisotopic (exact) mass is 355 g/mol. The lowest BCUT2D eigenvalue weighted by molar-refractivity contribution is 0.303. The average molecular weight is 356 g/mol. The Labute approximate surface area is 152 Å². The van der Waals surface area contributed by atoms with Crippen molar-refractivity contribution in [3.63, 3.8) is 0 Å². The molecule has 0 aliphatic heterocycles. The van der Waals surface area contributed by atoms with Crippen LogP contribution in [0.1, 0.15) is 16.7 Å². The van der Waals surface area contributed by atoms with Gasteiger partial charge in [-0.1, -0.05) is 59.6 Å². The molecular formula is C21H19ClFNO. The number of halogens is 2. The van der Waals surface area contributed by atoms with Crippen molar-refractivity contribution in [2.75, 3.05) is 5.32 Å². The van der Waals surface area contributed by atoms with Gasteiger partial charge in [-0.25, -0.2) is 4.39 Å². The number of rotatable bonds is 6. The Balaban J connectivity index is 1.67. The Morgan fingerprint density at radius 3 is 2.64 bits per heavy atom. The summed E-state index contributed by atoms with van der Waals surface area (Å²) < 4.78 is 19.2. The van der Waals surface area contributed by atoms with Gasteiger partial charge in [0.15, 0.2) is 0 Å². The molecule has 25 heavy (non-hydrogen) atoms. The predicted molar refractivity (Wildman–Crippen MR) is 101 cm³/mol. The Morgan fingerprint density at radius 1 is 1.00 bits per heavy atom. The normalized spacial score (nSPS) is 10.5. The quantitative estimate of drug-likeness (QED) is 0.587. The van der Waals surface area contributed by atoms with Gasteiger partial charge < -0.3 is 10.1 Å². The van der Waals surface area contributed by atoms with Crippen molar-refractivity contribution < 1.29 is 9.13 Å². The fraction of sp³-hybridized carbons (Fsp3) is 0.143. The summed E-state index contributed by atoms with van der Waals surface area (Å²) in [5, 5.41) is 3.35. The van der Waals surface area contributed by atoms with Gasteiger partial charge in [0, 0.05) is 17.8 Å². The zero-order valence-corrected chi connectivity index (χ0v) is 14.7. The summed E-state index contributed by atoms with van der Waals surface area (Å²) in [7, 11) is 0. The van der Waals surface area contributed by atoms with E-state index in [0.717, 1.165) is 22.6 Å². The van der Waals surface area contributed by atoms with Crippen molar-refractivity contribution in [2.24, 2.45) is 0 Å². The molecule has 0 saturated heterocycles. The molecule has 4 heteroatoms. The first-order chi connectivity index (χ1) is 12.1. The van der Waals surface area contributed by atoms with E-state index in [1.807, 2.05) is 36.4 Å². The molecule has 0 fully saturated rings. The summed E-state index contributed by atoms with van der Waals surface area (Å²) in [6.45, 7) is 3.14. The van der Waals surface area contributed by atoms with Crippen LogP contribution in [0.25, 0.3) is 0 Å². The average Bonchev–Trinajstić information content (AvgIpc) is 2.62. The number of anilines is 1. The molecule has 0 unspecified atom stereocenters. The second-order valence-electron chi connectivity index (χ2n) is 5.87. The fourth-order valence-corrected chi connectivity index (χ4v) is 2.74. The summed E-state index contributed by atoms with van der Waals surface area (Å²) in [5.74, 6) is 0.402. The first-order valence-corrected chi connectivity index (χ1v) is 8.45. The number of hydrogen-bond acceptors (Lipinski definition) is 2. The maximum Gasteiger partial charge on any atom is 0.141 e. The summed E-state index contributed by atoms with van der Waals surface area (Å²) in [6.07, 6.45) is 0. The molecule has 2 nitrogen and oxygen atoms in total. The van der Waals surface area contributed by atoms with Gasteiger partial charge in [-0.05, 0) is 36.8 Å². The Kier molecular flexibility index (Phi) is 5.56. The lowest BCUT2D eigenvalue weighted by Crippen LogP contribution is -2.04. The molecule has 0 amide bonds. The lowest BCUT2D eigenvalue weighted by atomic mass is 10.1. The molecule has 0 aliphatic rings. The van der Waals surface area contributed by atoms with Crippen LogP contribution in [0.5, 0.6) is 5.75 Å². The van der Waals surface area contributed by atoms with E-state index in [4.69, 9.17) is 16.3 Å². The van der Waals surface area contributed by atoms with Gasteiger partial charge in [-0.3, -0.25) is 0 Å². The van der Waals surface area contributed by atoms with Gasteiger partial charge in [0.2, 0.25) is 0 Å². The first kappa shape index (κ1) is 17.3. The zero-order chi connectivity index (χ0) is 17.6. The molecule has 128 valence electrons. The molecule has 3 aromatic rings. The third-order valence-corrected chi connectivity index (χ3v) is 4.14. The van der Waals surface area contributed by atoms with Crippen LogP contribution in [0, 0.1) is 12.7 Å². The van der Waals surface area contributed by atoms with Crippen molar-refractivity contribution in [3.05, 3.63) is 94.3 Å². The topological polar surface area (TPSA) is 21.3 Å². The SMILES string of the molecule is Cc1cccc(COc2ccccc2CNc2ccc(F)c(Cl)c2)c1. The highest BCUT2D eigenvalue weighted by Gasteiger charge is 2.05. The van der Waals surface area contributed by atoms with E-state index in [0.29, 0.717) is 13.2 Å². The van der Waals surface area contributed by atoms with E-state index >= 15 is 0 Å². The molecule has 0 saturated carbocycles. The summed E-state index contributed by atoms with van der Waals surface area (Å²) in [4.78, 5) is 0. The minimum absolute atomic E-state index is 0.106. The van der Waals surface area contributed by atoms with Gasteiger partial charge in [-0.2, -0.15) is 0 Å². The molecule has 0 spiro atoms. The van der Waals surface area contributed by atoms with Crippen LogP contribution in [-0.4, -0.2) is 0 Å². The number of para-hydroxylation sites is 1. The van der Waals surface area contributed by atoms with E-state index in [1.165, 1.54) is 11.6 Å². The molecule has 3 aromatic carbocycles. The van der Waals surface area contributed by atoms with Gasteiger partial charge in [0.25, 0.3) is 0 Å². The lowest BCUT2D eigenvalue weighted by Gasteiger charge is -2.13. The van der Waals surface area contributed by atoms with E-state index in [9.17, 15) is 4.39 Å². The van der Waals surface area contributed by atoms with Crippen LogP contribution < -0.4 is 10.1 Å². The van der Waals surface area contributed by atoms with E-state index < -0.39 is 5.82 Å². The van der Waals surface area contributed by atoms with Crippen molar-refractivity contribution >= 4 is 17.3 Å². The highest BCUT2D eigenvalue weighted by atomic mass is 35.5. The molecule has 0 radical (unpaired) electrons. The molecular weight excluding hydrogens is 337 g/mol. The van der Waals surface area contributed by atoms with Crippen molar-refractivity contribution in [1.29, 1.82) is 0 Å². The maximum absolute atomic E-state index is 13.2. The predicted octanol–water partition coefficient (Wildman–Crippen LogP) is 5.98. The summed E-state index contributed by atoms with van der Waals surface area (Å²) in [6, 6.07) is 20.7. The smallest absolute Gasteiger partial charge is 0.141 e. The minimum Gasteiger partial charge on any atom is -0.489 e.